The van der Waals surface area contributed by atoms with Crippen molar-refractivity contribution in [1.29, 1.82) is 5.41 Å². The third kappa shape index (κ3) is 3.90. The fourth-order valence-corrected chi connectivity index (χ4v) is 2.54. The van der Waals surface area contributed by atoms with Crippen molar-refractivity contribution in [2.45, 2.75) is 31.7 Å². The maximum Gasteiger partial charge on any atom is 0.322 e. The molecule has 0 radical (unpaired) electrons. The molecule has 0 atom stereocenters. The molecule has 0 aliphatic heterocycles. The van der Waals surface area contributed by atoms with Gasteiger partial charge in [-0.25, -0.2) is 13.6 Å². The summed E-state index contributed by atoms with van der Waals surface area (Å²) in [6.07, 6.45) is 3.70. The van der Waals surface area contributed by atoms with Crippen LogP contribution >= 0.6 is 0 Å². The molecular weight excluding hydrogens is 278 g/mol. The second-order valence-corrected chi connectivity index (χ2v) is 5.15. The van der Waals surface area contributed by atoms with Gasteiger partial charge in [0.25, 0.3) is 0 Å². The molecule has 1 aromatic rings. The van der Waals surface area contributed by atoms with Crippen molar-refractivity contribution in [3.05, 3.63) is 29.8 Å². The van der Waals surface area contributed by atoms with Crippen LogP contribution in [-0.4, -0.2) is 29.4 Å². The van der Waals surface area contributed by atoms with Gasteiger partial charge in [-0.1, -0.05) is 12.8 Å². The molecule has 2 amide bonds. The van der Waals surface area contributed by atoms with E-state index in [1.807, 2.05) is 0 Å². The Bertz CT molecular complexity index is 544. The fraction of sp³-hybridized carbons (Fsp3) is 0.429. The predicted octanol–water partition coefficient (Wildman–Crippen LogP) is 2.68. The summed E-state index contributed by atoms with van der Waals surface area (Å²) in [6.45, 7) is -0.000681. The molecule has 1 saturated carbocycles. The van der Waals surface area contributed by atoms with Gasteiger partial charge in [-0.05, 0) is 25.0 Å². The van der Waals surface area contributed by atoms with Crippen LogP contribution in [0.5, 0.6) is 0 Å². The predicted molar refractivity (Wildman–Crippen MR) is 76.3 cm³/mol. The smallest absolute Gasteiger partial charge is 0.322 e. The number of urea groups is 1. The van der Waals surface area contributed by atoms with Crippen molar-refractivity contribution < 1.29 is 13.6 Å². The van der Waals surface area contributed by atoms with E-state index in [1.54, 1.807) is 0 Å². The first-order chi connectivity index (χ1) is 9.97. The molecule has 7 heteroatoms. The Labute approximate surface area is 121 Å². The first-order valence-corrected chi connectivity index (χ1v) is 6.83. The largest absolute Gasteiger partial charge is 0.386 e. The molecule has 0 heterocycles. The first-order valence-electron chi connectivity index (χ1n) is 6.83. The van der Waals surface area contributed by atoms with Crippen molar-refractivity contribution in [2.75, 3.05) is 11.9 Å². The average molecular weight is 296 g/mol. The van der Waals surface area contributed by atoms with E-state index in [1.165, 1.54) is 11.0 Å². The minimum absolute atomic E-state index is 0.000681. The third-order valence-electron chi connectivity index (χ3n) is 3.54. The number of carbonyl (C=O) groups excluding carboxylic acids is 1. The minimum atomic E-state index is -0.836. The molecule has 0 aromatic heterocycles. The Hall–Kier alpha value is -2.18. The molecule has 5 nitrogen and oxygen atoms in total. The second kappa shape index (κ2) is 6.51. The van der Waals surface area contributed by atoms with Crippen molar-refractivity contribution in [3.8, 4) is 0 Å². The zero-order valence-corrected chi connectivity index (χ0v) is 11.5. The topological polar surface area (TPSA) is 82.2 Å². The number of amides is 2. The highest BCUT2D eigenvalue weighted by molar-refractivity contribution is 5.92. The van der Waals surface area contributed by atoms with Crippen LogP contribution in [0.15, 0.2) is 18.2 Å². The number of hydrogen-bond donors (Lipinski definition) is 3. The lowest BCUT2D eigenvalue weighted by molar-refractivity contribution is 0.198. The Morgan fingerprint density at radius 2 is 2.05 bits per heavy atom. The van der Waals surface area contributed by atoms with Crippen molar-refractivity contribution in [3.63, 3.8) is 0 Å². The van der Waals surface area contributed by atoms with Gasteiger partial charge < -0.3 is 16.0 Å². The standard InChI is InChI=1S/C14H18F2N4O/c15-9-5-6-12(11(16)7-9)19-14(21)20(8-13(17)18)10-3-1-2-4-10/h5-7,10H,1-4,8H2,(H3,17,18)(H,19,21). The molecule has 1 aliphatic carbocycles. The van der Waals surface area contributed by atoms with Crippen molar-refractivity contribution in [2.24, 2.45) is 5.73 Å². The summed E-state index contributed by atoms with van der Waals surface area (Å²) in [4.78, 5) is 13.7. The zero-order chi connectivity index (χ0) is 15.4. The normalized spacial score (nSPS) is 15.0. The lowest BCUT2D eigenvalue weighted by Gasteiger charge is -2.28. The van der Waals surface area contributed by atoms with Crippen molar-refractivity contribution in [1.82, 2.24) is 4.90 Å². The summed E-state index contributed by atoms with van der Waals surface area (Å²) < 4.78 is 26.4. The number of halogens is 2. The summed E-state index contributed by atoms with van der Waals surface area (Å²) >= 11 is 0. The maximum atomic E-state index is 13.6. The van der Waals surface area contributed by atoms with Crippen LogP contribution in [0.25, 0.3) is 0 Å². The molecule has 2 rings (SSSR count). The van der Waals surface area contributed by atoms with Crippen LogP contribution < -0.4 is 11.1 Å². The van der Waals surface area contributed by atoms with E-state index >= 15 is 0 Å². The van der Waals surface area contributed by atoms with E-state index in [0.717, 1.165) is 31.7 Å². The molecule has 114 valence electrons. The van der Waals surface area contributed by atoms with E-state index in [2.05, 4.69) is 5.32 Å². The fourth-order valence-electron chi connectivity index (χ4n) is 2.54. The number of hydrogen-bond acceptors (Lipinski definition) is 2. The summed E-state index contributed by atoms with van der Waals surface area (Å²) in [7, 11) is 0. The molecule has 21 heavy (non-hydrogen) atoms. The number of anilines is 1. The lowest BCUT2D eigenvalue weighted by Crippen LogP contribution is -2.46. The monoisotopic (exact) mass is 296 g/mol. The van der Waals surface area contributed by atoms with Crippen LogP contribution in [0.4, 0.5) is 19.3 Å². The summed E-state index contributed by atoms with van der Waals surface area (Å²) in [5, 5.41) is 9.78. The van der Waals surface area contributed by atoms with Crippen LogP contribution in [0, 0.1) is 17.0 Å². The molecule has 0 saturated heterocycles. The number of benzene rings is 1. The van der Waals surface area contributed by atoms with Crippen molar-refractivity contribution >= 4 is 17.6 Å². The van der Waals surface area contributed by atoms with Crippen LogP contribution in [0.2, 0.25) is 0 Å². The average Bonchev–Trinajstić information content (AvgIpc) is 2.92. The van der Waals surface area contributed by atoms with Gasteiger partial charge in [0, 0.05) is 12.1 Å². The Kier molecular flexibility index (Phi) is 4.72. The quantitative estimate of drug-likeness (QED) is 0.589. The number of rotatable bonds is 4. The number of nitrogens with one attached hydrogen (secondary N) is 2. The van der Waals surface area contributed by atoms with E-state index in [0.29, 0.717) is 6.07 Å². The highest BCUT2D eigenvalue weighted by Gasteiger charge is 2.27. The molecule has 1 aliphatic rings. The molecule has 0 bridgehead atoms. The molecule has 0 spiro atoms. The molecule has 4 N–H and O–H groups in total. The highest BCUT2D eigenvalue weighted by Crippen LogP contribution is 2.24. The Morgan fingerprint density at radius 1 is 1.38 bits per heavy atom. The molecule has 1 aromatic carbocycles. The minimum Gasteiger partial charge on any atom is -0.386 e. The van der Waals surface area contributed by atoms with E-state index in [9.17, 15) is 13.6 Å². The van der Waals surface area contributed by atoms with Gasteiger partial charge in [0.15, 0.2) is 0 Å². The van der Waals surface area contributed by atoms with E-state index < -0.39 is 17.7 Å². The highest BCUT2D eigenvalue weighted by atomic mass is 19.1. The van der Waals surface area contributed by atoms with E-state index in [-0.39, 0.29) is 24.1 Å². The van der Waals surface area contributed by atoms with Crippen LogP contribution in [0.1, 0.15) is 25.7 Å². The number of carbonyl (C=O) groups is 1. The Balaban J connectivity index is 2.11. The van der Waals surface area contributed by atoms with E-state index in [4.69, 9.17) is 11.1 Å². The Morgan fingerprint density at radius 3 is 2.62 bits per heavy atom. The summed E-state index contributed by atoms with van der Waals surface area (Å²) in [5.41, 5.74) is 5.29. The number of amidine groups is 1. The van der Waals surface area contributed by atoms with Gasteiger partial charge in [-0.15, -0.1) is 0 Å². The zero-order valence-electron chi connectivity index (χ0n) is 11.5. The third-order valence-corrected chi connectivity index (χ3v) is 3.54. The number of nitrogens with two attached hydrogens (primary N) is 1. The molecule has 0 unspecified atom stereocenters. The van der Waals surface area contributed by atoms with Crippen LogP contribution in [-0.2, 0) is 0 Å². The molecular formula is C14H18F2N4O. The van der Waals surface area contributed by atoms with Gasteiger partial charge in [-0.2, -0.15) is 0 Å². The lowest BCUT2D eigenvalue weighted by atomic mass is 10.2. The van der Waals surface area contributed by atoms with Crippen LogP contribution in [0.3, 0.4) is 0 Å². The van der Waals surface area contributed by atoms with Gasteiger partial charge in [-0.3, -0.25) is 5.41 Å². The summed E-state index contributed by atoms with van der Waals surface area (Å²) in [6, 6.07) is 2.42. The van der Waals surface area contributed by atoms with Gasteiger partial charge >= 0.3 is 6.03 Å². The van der Waals surface area contributed by atoms with Gasteiger partial charge in [0.1, 0.15) is 17.5 Å². The molecule has 1 fully saturated rings. The van der Waals surface area contributed by atoms with Gasteiger partial charge in [0.05, 0.1) is 12.2 Å². The number of nitrogens with zero attached hydrogens (tertiary/aromatic N) is 1. The first kappa shape index (κ1) is 15.2. The summed E-state index contributed by atoms with van der Waals surface area (Å²) in [5.74, 6) is -1.67. The second-order valence-electron chi connectivity index (χ2n) is 5.15. The van der Waals surface area contributed by atoms with Gasteiger partial charge in [0.2, 0.25) is 0 Å². The SMILES string of the molecule is N=C(N)CN(C(=O)Nc1ccc(F)cc1F)C1CCCC1. The maximum absolute atomic E-state index is 13.6.